The van der Waals surface area contributed by atoms with Gasteiger partial charge in [0.1, 0.15) is 17.2 Å². The smallest absolute Gasteiger partial charge is 0.340 e. The summed E-state index contributed by atoms with van der Waals surface area (Å²) in [4.78, 5) is 20.8. The Hall–Kier alpha value is -2.02. The van der Waals surface area contributed by atoms with Crippen molar-refractivity contribution in [2.75, 3.05) is 13.7 Å². The first-order valence-electron chi connectivity index (χ1n) is 7.61. The number of ether oxygens (including phenoxy) is 2. The summed E-state index contributed by atoms with van der Waals surface area (Å²) in [5, 5.41) is 3.08. The number of esters is 1. The van der Waals surface area contributed by atoms with E-state index in [1.54, 1.807) is 0 Å². The third-order valence-corrected chi connectivity index (χ3v) is 3.33. The van der Waals surface area contributed by atoms with Gasteiger partial charge in [0.15, 0.2) is 0 Å². The summed E-state index contributed by atoms with van der Waals surface area (Å²) in [6, 6.07) is 1.80. The van der Waals surface area contributed by atoms with Gasteiger partial charge in [-0.05, 0) is 52.3 Å². The molecular formula is C17H23F2NO4. The number of hydrogen-bond donors (Lipinski definition) is 1. The van der Waals surface area contributed by atoms with E-state index < -0.39 is 17.6 Å². The molecule has 1 aliphatic heterocycles. The van der Waals surface area contributed by atoms with Gasteiger partial charge in [0.05, 0.1) is 12.7 Å². The van der Waals surface area contributed by atoms with Crippen LogP contribution in [-0.2, 0) is 14.3 Å². The first kappa shape index (κ1) is 20.0. The molecule has 1 heterocycles. The second kappa shape index (κ2) is 8.73. The minimum Gasteiger partial charge on any atom is -0.465 e. The van der Waals surface area contributed by atoms with Gasteiger partial charge in [0.25, 0.3) is 6.47 Å². The largest absolute Gasteiger partial charge is 0.465 e. The fourth-order valence-corrected chi connectivity index (χ4v) is 2.19. The molecule has 134 valence electrons. The Morgan fingerprint density at radius 1 is 1.29 bits per heavy atom. The van der Waals surface area contributed by atoms with Crippen molar-refractivity contribution in [3.63, 3.8) is 0 Å². The van der Waals surface area contributed by atoms with Crippen LogP contribution < -0.4 is 5.32 Å². The number of carbonyl (C=O) groups is 2. The topological polar surface area (TPSA) is 64.6 Å². The summed E-state index contributed by atoms with van der Waals surface area (Å²) >= 11 is 0. The molecule has 0 saturated carbocycles. The van der Waals surface area contributed by atoms with Crippen LogP contribution in [0.1, 0.15) is 55.6 Å². The first-order chi connectivity index (χ1) is 11.2. The van der Waals surface area contributed by atoms with Gasteiger partial charge in [-0.25, -0.2) is 13.6 Å². The second-order valence-electron chi connectivity index (χ2n) is 6.32. The van der Waals surface area contributed by atoms with Crippen molar-refractivity contribution in [1.29, 1.82) is 0 Å². The van der Waals surface area contributed by atoms with E-state index in [-0.39, 0.29) is 22.8 Å². The van der Waals surface area contributed by atoms with Gasteiger partial charge in [-0.15, -0.1) is 0 Å². The molecule has 1 aromatic rings. The van der Waals surface area contributed by atoms with Gasteiger partial charge < -0.3 is 14.8 Å². The molecule has 1 N–H and O–H groups in total. The van der Waals surface area contributed by atoms with Gasteiger partial charge in [-0.1, -0.05) is 0 Å². The number of rotatable bonds is 3. The van der Waals surface area contributed by atoms with Crippen LogP contribution in [0.15, 0.2) is 12.1 Å². The van der Waals surface area contributed by atoms with Crippen molar-refractivity contribution in [1.82, 2.24) is 5.32 Å². The molecule has 1 unspecified atom stereocenters. The average molecular weight is 343 g/mol. The molecule has 1 aromatic carbocycles. The number of hydrogen-bond acceptors (Lipinski definition) is 5. The lowest BCUT2D eigenvalue weighted by molar-refractivity contribution is -0.138. The third kappa shape index (κ3) is 5.88. The van der Waals surface area contributed by atoms with Crippen LogP contribution in [0.2, 0.25) is 0 Å². The van der Waals surface area contributed by atoms with Crippen LogP contribution in [0.5, 0.6) is 0 Å². The Morgan fingerprint density at radius 2 is 1.96 bits per heavy atom. The van der Waals surface area contributed by atoms with E-state index in [0.29, 0.717) is 6.47 Å². The maximum atomic E-state index is 13.8. The predicted molar refractivity (Wildman–Crippen MR) is 84.6 cm³/mol. The highest BCUT2D eigenvalue weighted by Gasteiger charge is 2.23. The van der Waals surface area contributed by atoms with Gasteiger partial charge in [0.2, 0.25) is 0 Å². The van der Waals surface area contributed by atoms with Crippen LogP contribution in [0.25, 0.3) is 0 Å². The quantitative estimate of drug-likeness (QED) is 0.675. The minimum absolute atomic E-state index is 0.170. The number of carbonyl (C=O) groups excluding carboxylic acids is 2. The summed E-state index contributed by atoms with van der Waals surface area (Å²) in [7, 11) is 1.13. The Morgan fingerprint density at radius 3 is 2.38 bits per heavy atom. The number of methoxy groups -OCH3 is 1. The molecule has 0 amide bonds. The molecule has 0 aliphatic carbocycles. The summed E-state index contributed by atoms with van der Waals surface area (Å²) in [6.45, 7) is 6.72. The van der Waals surface area contributed by atoms with Crippen LogP contribution in [0.3, 0.4) is 0 Å². The molecular weight excluding hydrogens is 320 g/mol. The number of benzene rings is 1. The molecule has 0 radical (unpaired) electrons. The average Bonchev–Trinajstić information content (AvgIpc) is 3.02. The lowest BCUT2D eigenvalue weighted by atomic mass is 10.0. The van der Waals surface area contributed by atoms with Crippen molar-refractivity contribution < 1.29 is 27.8 Å². The van der Waals surface area contributed by atoms with E-state index in [2.05, 4.69) is 14.8 Å². The van der Waals surface area contributed by atoms with Crippen LogP contribution in [0, 0.1) is 11.6 Å². The fourth-order valence-electron chi connectivity index (χ4n) is 2.19. The van der Waals surface area contributed by atoms with E-state index in [9.17, 15) is 18.4 Å². The summed E-state index contributed by atoms with van der Waals surface area (Å²) in [5.74, 6) is -2.19. The van der Waals surface area contributed by atoms with E-state index >= 15 is 0 Å². The van der Waals surface area contributed by atoms with Gasteiger partial charge in [0, 0.05) is 11.6 Å². The second-order valence-corrected chi connectivity index (χ2v) is 6.32. The molecule has 1 fully saturated rings. The normalized spacial score (nSPS) is 16.8. The van der Waals surface area contributed by atoms with E-state index in [1.807, 2.05) is 20.8 Å². The summed E-state index contributed by atoms with van der Waals surface area (Å²) in [6.07, 6.45) is 1.71. The van der Waals surface area contributed by atoms with Gasteiger partial charge in [-0.2, -0.15) is 0 Å². The van der Waals surface area contributed by atoms with Crippen molar-refractivity contribution in [3.8, 4) is 0 Å². The molecule has 2 rings (SSSR count). The zero-order chi connectivity index (χ0) is 18.3. The molecule has 1 saturated heterocycles. The van der Waals surface area contributed by atoms with Crippen molar-refractivity contribution >= 4 is 12.4 Å². The zero-order valence-corrected chi connectivity index (χ0v) is 14.3. The maximum absolute atomic E-state index is 13.8. The molecule has 7 heteroatoms. The van der Waals surface area contributed by atoms with E-state index in [0.717, 1.165) is 38.6 Å². The van der Waals surface area contributed by atoms with Crippen molar-refractivity contribution in [3.05, 3.63) is 34.9 Å². The Bertz CT molecular complexity index is 579. The van der Waals surface area contributed by atoms with Crippen molar-refractivity contribution in [2.24, 2.45) is 0 Å². The fraction of sp³-hybridized carbons (Fsp3) is 0.529. The van der Waals surface area contributed by atoms with Gasteiger partial charge in [-0.3, -0.25) is 4.79 Å². The Kier molecular flexibility index (Phi) is 7.28. The maximum Gasteiger partial charge on any atom is 0.340 e. The molecule has 1 aliphatic rings. The molecule has 0 aromatic heterocycles. The highest BCUT2D eigenvalue weighted by Crippen LogP contribution is 2.27. The SMILES string of the molecule is CC(C)(C)OC=O.COC(=O)c1cc(F)c(C2CCCN2)cc1F. The standard InChI is InChI=1S/C12H13F2NO2.C5H10O2/c1-17-12(16)8-6-9(13)7(5-10(8)14)11-3-2-4-15-11;1-5(2,3)7-4-6/h5-6,11,15H,2-4H2,1H3;4H,1-3H3. The molecule has 5 nitrogen and oxygen atoms in total. The molecule has 24 heavy (non-hydrogen) atoms. The summed E-state index contributed by atoms with van der Waals surface area (Å²) < 4.78 is 36.3. The lowest BCUT2D eigenvalue weighted by Crippen LogP contribution is -2.17. The summed E-state index contributed by atoms with van der Waals surface area (Å²) in [5.41, 5.74) is -0.415. The third-order valence-electron chi connectivity index (χ3n) is 3.33. The van der Waals surface area contributed by atoms with Crippen LogP contribution in [-0.4, -0.2) is 31.7 Å². The predicted octanol–water partition coefficient (Wildman–Crippen LogP) is 3.13. The van der Waals surface area contributed by atoms with Crippen LogP contribution in [0.4, 0.5) is 8.78 Å². The Labute approximate surface area is 140 Å². The van der Waals surface area contributed by atoms with Crippen molar-refractivity contribution in [2.45, 2.75) is 45.3 Å². The zero-order valence-electron chi connectivity index (χ0n) is 14.3. The number of nitrogens with one attached hydrogen (secondary N) is 1. The molecule has 0 bridgehead atoms. The highest BCUT2D eigenvalue weighted by atomic mass is 19.1. The minimum atomic E-state index is -0.868. The van der Waals surface area contributed by atoms with Crippen LogP contribution >= 0.6 is 0 Å². The lowest BCUT2D eigenvalue weighted by Gasteiger charge is -2.14. The van der Waals surface area contributed by atoms with Gasteiger partial charge >= 0.3 is 5.97 Å². The highest BCUT2D eigenvalue weighted by molar-refractivity contribution is 5.89. The first-order valence-corrected chi connectivity index (χ1v) is 7.61. The monoisotopic (exact) mass is 343 g/mol. The van der Waals surface area contributed by atoms with E-state index in [4.69, 9.17) is 0 Å². The molecule has 1 atom stereocenters. The number of halogens is 2. The molecule has 0 spiro atoms. The van der Waals surface area contributed by atoms with E-state index in [1.165, 1.54) is 0 Å². The Balaban J connectivity index is 0.000000351.